The van der Waals surface area contributed by atoms with Crippen LogP contribution in [-0.2, 0) is 16.0 Å². The predicted octanol–water partition coefficient (Wildman–Crippen LogP) is 2.25. The molecule has 5 nitrogen and oxygen atoms in total. The van der Waals surface area contributed by atoms with E-state index in [4.69, 9.17) is 4.74 Å². The van der Waals surface area contributed by atoms with E-state index in [0.29, 0.717) is 17.0 Å². The Bertz CT molecular complexity index is 790. The number of likely N-dealkylation sites (N-methyl/N-ethyl adjacent to an activating group) is 1. The Labute approximate surface area is 145 Å². The van der Waals surface area contributed by atoms with Crippen LogP contribution in [0, 0.1) is 5.82 Å². The topological polar surface area (TPSA) is 49.9 Å². The molecule has 2 amide bonds. The highest BCUT2D eigenvalue weighted by Crippen LogP contribution is 2.33. The Kier molecular flexibility index (Phi) is 4.70. The van der Waals surface area contributed by atoms with Crippen LogP contribution in [0.3, 0.4) is 0 Å². The van der Waals surface area contributed by atoms with Crippen molar-refractivity contribution in [3.63, 3.8) is 0 Å². The second-order valence-corrected chi connectivity index (χ2v) is 6.11. The average Bonchev–Trinajstić information content (AvgIpc) is 2.61. The Hall–Kier alpha value is -2.89. The van der Waals surface area contributed by atoms with Gasteiger partial charge in [0.2, 0.25) is 5.91 Å². The van der Waals surface area contributed by atoms with Crippen molar-refractivity contribution in [3.05, 3.63) is 59.9 Å². The molecule has 0 unspecified atom stereocenters. The molecule has 0 spiro atoms. The second-order valence-electron chi connectivity index (χ2n) is 6.11. The molecule has 0 aromatic heterocycles. The Morgan fingerprint density at radius 3 is 2.52 bits per heavy atom. The summed E-state index contributed by atoms with van der Waals surface area (Å²) in [4.78, 5) is 28.1. The Morgan fingerprint density at radius 2 is 1.84 bits per heavy atom. The monoisotopic (exact) mass is 342 g/mol. The molecule has 0 radical (unpaired) electrons. The summed E-state index contributed by atoms with van der Waals surface area (Å²) < 4.78 is 18.8. The molecule has 0 saturated carbocycles. The van der Waals surface area contributed by atoms with Crippen LogP contribution in [0.15, 0.2) is 48.5 Å². The molecule has 1 atom stereocenters. The van der Waals surface area contributed by atoms with Gasteiger partial charge < -0.3 is 14.5 Å². The molecular formula is C19H19FN2O3. The van der Waals surface area contributed by atoms with Gasteiger partial charge in [0.1, 0.15) is 11.6 Å². The van der Waals surface area contributed by atoms with Gasteiger partial charge in [0, 0.05) is 14.1 Å². The van der Waals surface area contributed by atoms with E-state index < -0.39 is 6.10 Å². The molecule has 0 bridgehead atoms. The third kappa shape index (κ3) is 3.63. The van der Waals surface area contributed by atoms with Crippen molar-refractivity contribution in [1.82, 2.24) is 4.90 Å². The number of nitrogens with zero attached hydrogens (tertiary/aromatic N) is 2. The quantitative estimate of drug-likeness (QED) is 0.860. The fraction of sp³-hybridized carbons (Fsp3) is 0.263. The first kappa shape index (κ1) is 17.0. The standard InChI is InChI=1S/C19H19FN2O3/c1-21(2)19(24)17-12-22(15-5-3-4-6-16(15)25-17)18(23)11-13-7-9-14(20)10-8-13/h3-10,17H,11-12H2,1-2H3/t17-/m1/s1. The Balaban J connectivity index is 1.86. The summed E-state index contributed by atoms with van der Waals surface area (Å²) >= 11 is 0. The maximum Gasteiger partial charge on any atom is 0.265 e. The number of carbonyl (C=O) groups excluding carboxylic acids is 2. The van der Waals surface area contributed by atoms with E-state index in [1.807, 2.05) is 6.07 Å². The Morgan fingerprint density at radius 1 is 1.16 bits per heavy atom. The highest BCUT2D eigenvalue weighted by atomic mass is 19.1. The third-order valence-corrected chi connectivity index (χ3v) is 4.06. The minimum Gasteiger partial charge on any atom is -0.476 e. The normalized spacial score (nSPS) is 16.0. The molecule has 0 saturated heterocycles. The first-order chi connectivity index (χ1) is 12.0. The molecule has 2 aromatic carbocycles. The first-order valence-electron chi connectivity index (χ1n) is 7.97. The van der Waals surface area contributed by atoms with Gasteiger partial charge in [-0.1, -0.05) is 24.3 Å². The highest BCUT2D eigenvalue weighted by Gasteiger charge is 2.34. The van der Waals surface area contributed by atoms with Crippen molar-refractivity contribution in [3.8, 4) is 5.75 Å². The van der Waals surface area contributed by atoms with Gasteiger partial charge in [-0.25, -0.2) is 4.39 Å². The van der Waals surface area contributed by atoms with E-state index in [1.165, 1.54) is 17.0 Å². The van der Waals surface area contributed by atoms with Crippen LogP contribution in [0.1, 0.15) is 5.56 Å². The minimum absolute atomic E-state index is 0.123. The summed E-state index contributed by atoms with van der Waals surface area (Å²) in [6.07, 6.45) is -0.626. The van der Waals surface area contributed by atoms with Crippen LogP contribution in [-0.4, -0.2) is 43.5 Å². The number of rotatable bonds is 3. The zero-order chi connectivity index (χ0) is 18.0. The number of hydrogen-bond acceptors (Lipinski definition) is 3. The van der Waals surface area contributed by atoms with Gasteiger partial charge in [0.25, 0.3) is 5.91 Å². The van der Waals surface area contributed by atoms with Crippen LogP contribution in [0.5, 0.6) is 5.75 Å². The minimum atomic E-state index is -0.748. The molecule has 0 N–H and O–H groups in total. The van der Waals surface area contributed by atoms with Gasteiger partial charge in [-0.3, -0.25) is 9.59 Å². The van der Waals surface area contributed by atoms with Gasteiger partial charge in [0.15, 0.2) is 6.10 Å². The van der Waals surface area contributed by atoms with Crippen molar-refractivity contribution < 1.29 is 18.7 Å². The molecule has 0 fully saturated rings. The summed E-state index contributed by atoms with van der Waals surface area (Å²) in [6.45, 7) is 0.147. The first-order valence-corrected chi connectivity index (χ1v) is 7.97. The lowest BCUT2D eigenvalue weighted by Crippen LogP contribution is -2.50. The number of para-hydroxylation sites is 2. The maximum atomic E-state index is 13.0. The molecule has 6 heteroatoms. The molecule has 1 aliphatic rings. The fourth-order valence-electron chi connectivity index (χ4n) is 2.76. The summed E-state index contributed by atoms with van der Waals surface area (Å²) in [5, 5.41) is 0. The number of ether oxygens (including phenoxy) is 1. The van der Waals surface area contributed by atoms with Gasteiger partial charge in [0.05, 0.1) is 18.7 Å². The SMILES string of the molecule is CN(C)C(=O)[C@H]1CN(C(=O)Cc2ccc(F)cc2)c2ccccc2O1. The summed E-state index contributed by atoms with van der Waals surface area (Å²) in [7, 11) is 3.30. The number of fused-ring (bicyclic) bond motifs is 1. The van der Waals surface area contributed by atoms with E-state index >= 15 is 0 Å². The zero-order valence-electron chi connectivity index (χ0n) is 14.1. The van der Waals surface area contributed by atoms with Crippen LogP contribution >= 0.6 is 0 Å². The summed E-state index contributed by atoms with van der Waals surface area (Å²) in [5.41, 5.74) is 1.35. The largest absolute Gasteiger partial charge is 0.476 e. The average molecular weight is 342 g/mol. The van der Waals surface area contributed by atoms with Crippen LogP contribution < -0.4 is 9.64 Å². The summed E-state index contributed by atoms with van der Waals surface area (Å²) in [6, 6.07) is 13.0. The number of amides is 2. The molecule has 0 aliphatic carbocycles. The predicted molar refractivity (Wildman–Crippen MR) is 92.0 cm³/mol. The number of carbonyl (C=O) groups is 2. The van der Waals surface area contributed by atoms with Crippen molar-refractivity contribution in [1.29, 1.82) is 0 Å². The number of hydrogen-bond donors (Lipinski definition) is 0. The van der Waals surface area contributed by atoms with Crippen molar-refractivity contribution in [2.75, 3.05) is 25.5 Å². The van der Waals surface area contributed by atoms with E-state index in [9.17, 15) is 14.0 Å². The van der Waals surface area contributed by atoms with E-state index in [-0.39, 0.29) is 30.6 Å². The third-order valence-electron chi connectivity index (χ3n) is 4.06. The zero-order valence-corrected chi connectivity index (χ0v) is 14.1. The van der Waals surface area contributed by atoms with E-state index in [0.717, 1.165) is 0 Å². The number of benzene rings is 2. The van der Waals surface area contributed by atoms with Crippen LogP contribution in [0.25, 0.3) is 0 Å². The molecular weight excluding hydrogens is 323 g/mol. The van der Waals surface area contributed by atoms with Crippen LogP contribution in [0.4, 0.5) is 10.1 Å². The second kappa shape index (κ2) is 6.93. The van der Waals surface area contributed by atoms with E-state index in [2.05, 4.69) is 0 Å². The molecule has 1 aliphatic heterocycles. The summed E-state index contributed by atoms with van der Waals surface area (Å²) in [5.74, 6) is -0.209. The smallest absolute Gasteiger partial charge is 0.265 e. The van der Waals surface area contributed by atoms with Crippen molar-refractivity contribution >= 4 is 17.5 Å². The van der Waals surface area contributed by atoms with Gasteiger partial charge in [-0.15, -0.1) is 0 Å². The molecule has 25 heavy (non-hydrogen) atoms. The lowest BCUT2D eigenvalue weighted by molar-refractivity contribution is -0.136. The maximum absolute atomic E-state index is 13.0. The molecule has 130 valence electrons. The number of halogens is 1. The highest BCUT2D eigenvalue weighted by molar-refractivity contribution is 5.98. The molecule has 1 heterocycles. The lowest BCUT2D eigenvalue weighted by atomic mass is 10.1. The number of anilines is 1. The molecule has 3 rings (SSSR count). The van der Waals surface area contributed by atoms with Crippen molar-refractivity contribution in [2.45, 2.75) is 12.5 Å². The van der Waals surface area contributed by atoms with Gasteiger partial charge in [-0.2, -0.15) is 0 Å². The van der Waals surface area contributed by atoms with Gasteiger partial charge >= 0.3 is 0 Å². The van der Waals surface area contributed by atoms with Gasteiger partial charge in [-0.05, 0) is 29.8 Å². The van der Waals surface area contributed by atoms with Crippen molar-refractivity contribution in [2.24, 2.45) is 0 Å². The fourth-order valence-corrected chi connectivity index (χ4v) is 2.76. The lowest BCUT2D eigenvalue weighted by Gasteiger charge is -2.35. The van der Waals surface area contributed by atoms with E-state index in [1.54, 1.807) is 49.3 Å². The van der Waals surface area contributed by atoms with Crippen LogP contribution in [0.2, 0.25) is 0 Å². The molecule has 2 aromatic rings.